The predicted octanol–water partition coefficient (Wildman–Crippen LogP) is 5.09. The SMILES string of the molecule is Cc1ccc([N+](=O)[O-])c(Oc2nc(C)sc2C(=O)N2CCN(C3CC3)c3ccccc32)c1. The summed E-state index contributed by atoms with van der Waals surface area (Å²) in [4.78, 5) is 33.4. The molecule has 2 heterocycles. The lowest BCUT2D eigenvalue weighted by Crippen LogP contribution is -2.44. The van der Waals surface area contributed by atoms with Crippen molar-refractivity contribution >= 4 is 34.3 Å². The zero-order valence-electron chi connectivity index (χ0n) is 17.8. The molecule has 1 amide bonds. The van der Waals surface area contributed by atoms with Crippen molar-refractivity contribution in [3.05, 3.63) is 68.0 Å². The van der Waals surface area contributed by atoms with Crippen molar-refractivity contribution in [1.29, 1.82) is 0 Å². The van der Waals surface area contributed by atoms with E-state index in [9.17, 15) is 14.9 Å². The van der Waals surface area contributed by atoms with Crippen LogP contribution in [0.15, 0.2) is 42.5 Å². The number of benzene rings is 2. The van der Waals surface area contributed by atoms with Crippen LogP contribution in [0.5, 0.6) is 11.6 Å². The minimum atomic E-state index is -0.497. The largest absolute Gasteiger partial charge is 0.430 e. The summed E-state index contributed by atoms with van der Waals surface area (Å²) in [6.45, 7) is 4.95. The number of anilines is 2. The fraction of sp³-hybridized carbons (Fsp3) is 0.304. The lowest BCUT2D eigenvalue weighted by Gasteiger charge is -2.37. The van der Waals surface area contributed by atoms with Crippen molar-refractivity contribution in [2.24, 2.45) is 0 Å². The normalized spacial score (nSPS) is 15.4. The van der Waals surface area contributed by atoms with E-state index in [0.717, 1.165) is 23.5 Å². The van der Waals surface area contributed by atoms with E-state index < -0.39 is 4.92 Å². The summed E-state index contributed by atoms with van der Waals surface area (Å²) in [6, 6.07) is 13.1. The van der Waals surface area contributed by atoms with Gasteiger partial charge in [-0.25, -0.2) is 4.98 Å². The molecule has 0 unspecified atom stereocenters. The molecule has 0 N–H and O–H groups in total. The molecule has 32 heavy (non-hydrogen) atoms. The number of thiazole rings is 1. The molecule has 0 spiro atoms. The second-order valence-corrected chi connectivity index (χ2v) is 9.27. The molecule has 0 bridgehead atoms. The first kappa shape index (κ1) is 20.4. The fourth-order valence-electron chi connectivity index (χ4n) is 4.05. The van der Waals surface area contributed by atoms with Crippen molar-refractivity contribution in [3.8, 4) is 11.6 Å². The van der Waals surface area contributed by atoms with E-state index in [1.165, 1.54) is 30.2 Å². The van der Waals surface area contributed by atoms with Crippen LogP contribution in [0.3, 0.4) is 0 Å². The number of rotatable bonds is 5. The molecule has 2 aliphatic rings. The molecular formula is C23H22N4O4S. The number of carbonyl (C=O) groups is 1. The number of ether oxygens (including phenoxy) is 1. The number of hydrogen-bond acceptors (Lipinski definition) is 7. The predicted molar refractivity (Wildman–Crippen MR) is 123 cm³/mol. The highest BCUT2D eigenvalue weighted by Crippen LogP contribution is 2.42. The molecule has 3 aromatic rings. The Hall–Kier alpha value is -3.46. The number of nitrogens with zero attached hydrogens (tertiary/aromatic N) is 4. The van der Waals surface area contributed by atoms with Crippen LogP contribution in [0.4, 0.5) is 17.1 Å². The van der Waals surface area contributed by atoms with Crippen LogP contribution >= 0.6 is 11.3 Å². The molecule has 0 radical (unpaired) electrons. The summed E-state index contributed by atoms with van der Waals surface area (Å²) in [5.41, 5.74) is 2.58. The minimum Gasteiger partial charge on any atom is -0.430 e. The van der Waals surface area contributed by atoms with Crippen LogP contribution in [-0.4, -0.2) is 34.9 Å². The monoisotopic (exact) mass is 450 g/mol. The van der Waals surface area contributed by atoms with Crippen LogP contribution in [0.25, 0.3) is 0 Å². The van der Waals surface area contributed by atoms with Gasteiger partial charge in [-0.15, -0.1) is 11.3 Å². The van der Waals surface area contributed by atoms with Gasteiger partial charge in [0, 0.05) is 25.2 Å². The highest BCUT2D eigenvalue weighted by molar-refractivity contribution is 7.14. The van der Waals surface area contributed by atoms with Crippen LogP contribution in [0.1, 0.15) is 33.1 Å². The average molecular weight is 451 g/mol. The van der Waals surface area contributed by atoms with Crippen LogP contribution in [0, 0.1) is 24.0 Å². The minimum absolute atomic E-state index is 0.0771. The van der Waals surface area contributed by atoms with Gasteiger partial charge in [0.15, 0.2) is 4.88 Å². The van der Waals surface area contributed by atoms with Crippen molar-refractivity contribution < 1.29 is 14.5 Å². The maximum atomic E-state index is 13.6. The van der Waals surface area contributed by atoms with Gasteiger partial charge in [-0.1, -0.05) is 18.2 Å². The second-order valence-electron chi connectivity index (χ2n) is 8.07. The lowest BCUT2D eigenvalue weighted by molar-refractivity contribution is -0.385. The van der Waals surface area contributed by atoms with E-state index in [1.807, 2.05) is 25.1 Å². The summed E-state index contributed by atoms with van der Waals surface area (Å²) in [6.07, 6.45) is 2.37. The Kier molecular flexibility index (Phi) is 5.05. The van der Waals surface area contributed by atoms with Gasteiger partial charge in [0.05, 0.1) is 21.3 Å². The smallest absolute Gasteiger partial charge is 0.311 e. The Morgan fingerprint density at radius 1 is 1.16 bits per heavy atom. The van der Waals surface area contributed by atoms with Crippen molar-refractivity contribution in [3.63, 3.8) is 0 Å². The molecule has 5 rings (SSSR count). The van der Waals surface area contributed by atoms with Gasteiger partial charge in [-0.3, -0.25) is 14.9 Å². The number of fused-ring (bicyclic) bond motifs is 1. The second kappa shape index (κ2) is 7.90. The molecule has 2 aromatic carbocycles. The number of nitro benzene ring substituents is 1. The van der Waals surface area contributed by atoms with Crippen LogP contribution in [0.2, 0.25) is 0 Å². The zero-order valence-corrected chi connectivity index (χ0v) is 18.6. The molecule has 8 nitrogen and oxygen atoms in total. The van der Waals surface area contributed by atoms with Gasteiger partial charge >= 0.3 is 5.69 Å². The quantitative estimate of drug-likeness (QED) is 0.397. The fourth-order valence-corrected chi connectivity index (χ4v) is 4.85. The number of para-hydroxylation sites is 2. The highest BCUT2D eigenvalue weighted by Gasteiger charge is 2.37. The van der Waals surface area contributed by atoms with Crippen molar-refractivity contribution in [2.75, 3.05) is 22.9 Å². The Morgan fingerprint density at radius 2 is 1.91 bits per heavy atom. The van der Waals surface area contributed by atoms with Crippen LogP contribution in [-0.2, 0) is 0 Å². The molecule has 1 saturated carbocycles. The average Bonchev–Trinajstić information content (AvgIpc) is 3.55. The van der Waals surface area contributed by atoms with Gasteiger partial charge in [0.25, 0.3) is 5.91 Å². The summed E-state index contributed by atoms with van der Waals surface area (Å²) in [5, 5.41) is 12.1. The number of aryl methyl sites for hydroxylation is 2. The number of aromatic nitrogens is 1. The Morgan fingerprint density at radius 3 is 2.62 bits per heavy atom. The standard InChI is InChI=1S/C23H22N4O4S/c1-14-7-10-19(27(29)30)20(13-14)31-22-21(32-15(2)24-22)23(28)26-12-11-25(16-8-9-16)17-5-3-4-6-18(17)26/h3-7,10,13,16H,8-9,11-12H2,1-2H3. The van der Waals surface area contributed by atoms with E-state index in [0.29, 0.717) is 22.5 Å². The summed E-state index contributed by atoms with van der Waals surface area (Å²) < 4.78 is 5.87. The van der Waals surface area contributed by atoms with Gasteiger partial charge in [-0.2, -0.15) is 0 Å². The lowest BCUT2D eigenvalue weighted by atomic mass is 10.1. The number of carbonyl (C=O) groups excluding carboxylic acids is 1. The number of hydrogen-bond donors (Lipinski definition) is 0. The van der Waals surface area contributed by atoms with Crippen molar-refractivity contribution in [2.45, 2.75) is 32.7 Å². The molecule has 9 heteroatoms. The maximum absolute atomic E-state index is 13.6. The highest BCUT2D eigenvalue weighted by atomic mass is 32.1. The van der Waals surface area contributed by atoms with E-state index in [4.69, 9.17) is 4.74 Å². The van der Waals surface area contributed by atoms with E-state index >= 15 is 0 Å². The Labute approximate surface area is 189 Å². The molecule has 0 saturated heterocycles. The third kappa shape index (κ3) is 3.69. The zero-order chi connectivity index (χ0) is 22.4. The third-order valence-corrected chi connectivity index (χ3v) is 6.64. The summed E-state index contributed by atoms with van der Waals surface area (Å²) in [5.74, 6) is -0.0228. The molecule has 1 aromatic heterocycles. The Bertz CT molecular complexity index is 1220. The van der Waals surface area contributed by atoms with Gasteiger partial charge in [0.2, 0.25) is 11.6 Å². The first-order chi connectivity index (χ1) is 15.4. The maximum Gasteiger partial charge on any atom is 0.311 e. The summed E-state index contributed by atoms with van der Waals surface area (Å²) in [7, 11) is 0. The summed E-state index contributed by atoms with van der Waals surface area (Å²) >= 11 is 1.24. The topological polar surface area (TPSA) is 88.8 Å². The first-order valence-corrected chi connectivity index (χ1v) is 11.3. The molecule has 1 aliphatic carbocycles. The number of amides is 1. The van der Waals surface area contributed by atoms with Crippen LogP contribution < -0.4 is 14.5 Å². The van der Waals surface area contributed by atoms with E-state index in [2.05, 4.69) is 16.0 Å². The van der Waals surface area contributed by atoms with Gasteiger partial charge in [-0.05, 0) is 50.5 Å². The molecule has 164 valence electrons. The molecular weight excluding hydrogens is 428 g/mol. The molecule has 1 fully saturated rings. The Balaban J connectivity index is 1.49. The first-order valence-electron chi connectivity index (χ1n) is 10.5. The van der Waals surface area contributed by atoms with E-state index in [-0.39, 0.29) is 23.2 Å². The molecule has 1 aliphatic heterocycles. The third-order valence-electron chi connectivity index (χ3n) is 5.70. The van der Waals surface area contributed by atoms with Crippen molar-refractivity contribution in [1.82, 2.24) is 4.98 Å². The molecule has 0 atom stereocenters. The van der Waals surface area contributed by atoms with Gasteiger partial charge < -0.3 is 14.5 Å². The van der Waals surface area contributed by atoms with Gasteiger partial charge in [0.1, 0.15) is 0 Å². The number of nitro groups is 1. The van der Waals surface area contributed by atoms with E-state index in [1.54, 1.807) is 24.0 Å².